The molecule has 2 amide bonds. The van der Waals surface area contributed by atoms with Crippen molar-refractivity contribution < 1.29 is 14.0 Å². The number of aromatic nitrogens is 2. The quantitative estimate of drug-likeness (QED) is 0.511. The third kappa shape index (κ3) is 5.56. The normalized spacial score (nSPS) is 13.9. The number of piperazine rings is 1. The van der Waals surface area contributed by atoms with Crippen LogP contribution in [0, 0.1) is 5.92 Å². The van der Waals surface area contributed by atoms with Crippen molar-refractivity contribution in [3.05, 3.63) is 65.6 Å². The first-order valence-electron chi connectivity index (χ1n) is 11.3. The molecule has 0 unspecified atom stereocenters. The Labute approximate surface area is 204 Å². The Morgan fingerprint density at radius 2 is 1.79 bits per heavy atom. The van der Waals surface area contributed by atoms with E-state index in [0.717, 1.165) is 17.1 Å². The van der Waals surface area contributed by atoms with Crippen LogP contribution in [-0.4, -0.2) is 64.5 Å². The molecule has 34 heavy (non-hydrogen) atoms. The Morgan fingerprint density at radius 1 is 1.03 bits per heavy atom. The van der Waals surface area contributed by atoms with Crippen LogP contribution in [0.4, 0.5) is 5.82 Å². The Hall–Kier alpha value is -3.39. The first-order valence-corrected chi connectivity index (χ1v) is 11.7. The number of nitrogens with zero attached hydrogens (tertiary/aromatic N) is 5. The zero-order valence-electron chi connectivity index (χ0n) is 19.4. The second-order valence-electron chi connectivity index (χ2n) is 8.55. The van der Waals surface area contributed by atoms with Crippen LogP contribution in [0.25, 0.3) is 11.3 Å². The number of benzene rings is 1. The van der Waals surface area contributed by atoms with E-state index in [4.69, 9.17) is 16.0 Å². The number of hydrogen-bond donors (Lipinski definition) is 0. The van der Waals surface area contributed by atoms with Gasteiger partial charge in [0.15, 0.2) is 5.82 Å². The fourth-order valence-corrected chi connectivity index (χ4v) is 4.15. The van der Waals surface area contributed by atoms with Crippen LogP contribution in [-0.2, 0) is 16.1 Å². The third-order valence-electron chi connectivity index (χ3n) is 5.82. The molecule has 4 rings (SSSR count). The molecule has 178 valence electrons. The number of rotatable bonds is 7. The summed E-state index contributed by atoms with van der Waals surface area (Å²) in [5, 5.41) is 9.35. The average Bonchev–Trinajstić information content (AvgIpc) is 3.37. The Bertz CT molecular complexity index is 1110. The van der Waals surface area contributed by atoms with Gasteiger partial charge >= 0.3 is 0 Å². The topological polar surface area (TPSA) is 82.8 Å². The van der Waals surface area contributed by atoms with E-state index in [0.29, 0.717) is 37.0 Å². The highest BCUT2D eigenvalue weighted by molar-refractivity contribution is 6.33. The highest BCUT2D eigenvalue weighted by Gasteiger charge is 2.27. The Balaban J connectivity index is 1.34. The minimum absolute atomic E-state index is 0.0318. The molecule has 0 saturated carbocycles. The summed E-state index contributed by atoms with van der Waals surface area (Å²) >= 11 is 6.26. The summed E-state index contributed by atoms with van der Waals surface area (Å²) < 4.78 is 5.38. The molecule has 1 saturated heterocycles. The predicted molar refractivity (Wildman–Crippen MR) is 130 cm³/mol. The number of furan rings is 1. The third-order valence-corrected chi connectivity index (χ3v) is 6.14. The average molecular weight is 482 g/mol. The second-order valence-corrected chi connectivity index (χ2v) is 8.96. The van der Waals surface area contributed by atoms with Gasteiger partial charge in [-0.15, -0.1) is 10.2 Å². The molecular formula is C25H28ClN5O3. The number of hydrogen-bond acceptors (Lipinski definition) is 6. The lowest BCUT2D eigenvalue weighted by molar-refractivity contribution is -0.143. The van der Waals surface area contributed by atoms with Crippen molar-refractivity contribution in [2.45, 2.75) is 20.4 Å². The summed E-state index contributed by atoms with van der Waals surface area (Å²) in [5.74, 6) is 1.08. The van der Waals surface area contributed by atoms with E-state index in [1.165, 1.54) is 0 Å². The van der Waals surface area contributed by atoms with Crippen LogP contribution in [0.15, 0.2) is 59.2 Å². The van der Waals surface area contributed by atoms with E-state index < -0.39 is 0 Å². The fraction of sp³-hybridized carbons (Fsp3) is 0.360. The summed E-state index contributed by atoms with van der Waals surface area (Å²) in [5.41, 5.74) is 1.56. The van der Waals surface area contributed by atoms with Gasteiger partial charge in [-0.25, -0.2) is 0 Å². The van der Waals surface area contributed by atoms with E-state index in [2.05, 4.69) is 15.1 Å². The van der Waals surface area contributed by atoms with Crippen molar-refractivity contribution in [3.63, 3.8) is 0 Å². The molecule has 1 aliphatic rings. The number of carbonyl (C=O) groups is 2. The van der Waals surface area contributed by atoms with Gasteiger partial charge in [0.2, 0.25) is 11.8 Å². The maximum absolute atomic E-state index is 13.0. The van der Waals surface area contributed by atoms with Gasteiger partial charge in [-0.05, 0) is 30.3 Å². The number of halogens is 1. The number of anilines is 1. The molecule has 0 bridgehead atoms. The van der Waals surface area contributed by atoms with Crippen molar-refractivity contribution >= 4 is 29.2 Å². The van der Waals surface area contributed by atoms with Crippen molar-refractivity contribution in [1.82, 2.24) is 20.0 Å². The van der Waals surface area contributed by atoms with Gasteiger partial charge in [-0.1, -0.05) is 43.6 Å². The molecule has 0 N–H and O–H groups in total. The van der Waals surface area contributed by atoms with Gasteiger partial charge < -0.3 is 19.1 Å². The largest absolute Gasteiger partial charge is 0.467 e. The zero-order valence-corrected chi connectivity index (χ0v) is 20.1. The lowest BCUT2D eigenvalue weighted by Gasteiger charge is -2.36. The van der Waals surface area contributed by atoms with Crippen LogP contribution in [0.1, 0.15) is 19.6 Å². The first-order chi connectivity index (χ1) is 16.4. The monoisotopic (exact) mass is 481 g/mol. The van der Waals surface area contributed by atoms with Gasteiger partial charge in [-0.2, -0.15) is 0 Å². The Morgan fingerprint density at radius 3 is 2.41 bits per heavy atom. The van der Waals surface area contributed by atoms with Crippen LogP contribution in [0.2, 0.25) is 5.02 Å². The van der Waals surface area contributed by atoms with E-state index >= 15 is 0 Å². The maximum Gasteiger partial charge on any atom is 0.242 e. The molecule has 8 nitrogen and oxygen atoms in total. The molecule has 3 aromatic rings. The molecule has 3 heterocycles. The van der Waals surface area contributed by atoms with E-state index in [1.807, 2.05) is 56.3 Å². The van der Waals surface area contributed by atoms with Crippen LogP contribution in [0.3, 0.4) is 0 Å². The minimum atomic E-state index is -0.202. The van der Waals surface area contributed by atoms with E-state index in [1.54, 1.807) is 22.1 Å². The van der Waals surface area contributed by atoms with Crippen molar-refractivity contribution in [2.75, 3.05) is 37.6 Å². The SMILES string of the molecule is CC(C)C(=O)N(CC(=O)N1CCN(c2ccc(-c3ccccc3Cl)nn2)CC1)Cc1ccco1. The first kappa shape index (κ1) is 23.8. The maximum atomic E-state index is 13.0. The lowest BCUT2D eigenvalue weighted by Crippen LogP contribution is -2.52. The second kappa shape index (κ2) is 10.7. The van der Waals surface area contributed by atoms with Crippen molar-refractivity contribution in [1.29, 1.82) is 0 Å². The van der Waals surface area contributed by atoms with Crippen LogP contribution >= 0.6 is 11.6 Å². The van der Waals surface area contributed by atoms with Gasteiger partial charge in [0.1, 0.15) is 12.3 Å². The molecule has 0 radical (unpaired) electrons. The van der Waals surface area contributed by atoms with E-state index in [-0.39, 0.29) is 30.8 Å². The Kier molecular flexibility index (Phi) is 7.47. The zero-order chi connectivity index (χ0) is 24.1. The standard InChI is InChI=1S/C25H28ClN5O3/c1-18(2)25(33)31(16-19-6-5-15-34-19)17-24(32)30-13-11-29(12-14-30)23-10-9-22(27-28-23)20-7-3-4-8-21(20)26/h3-10,15,18H,11-14,16-17H2,1-2H3. The summed E-state index contributed by atoms with van der Waals surface area (Å²) in [7, 11) is 0. The van der Waals surface area contributed by atoms with Gasteiger partial charge in [0.25, 0.3) is 0 Å². The molecular weight excluding hydrogens is 454 g/mol. The van der Waals surface area contributed by atoms with Crippen molar-refractivity contribution in [2.24, 2.45) is 5.92 Å². The molecule has 2 aromatic heterocycles. The van der Waals surface area contributed by atoms with Crippen LogP contribution in [0.5, 0.6) is 0 Å². The molecule has 0 spiro atoms. The summed E-state index contributed by atoms with van der Waals surface area (Å²) in [6, 6.07) is 14.9. The highest BCUT2D eigenvalue weighted by atomic mass is 35.5. The van der Waals surface area contributed by atoms with Crippen LogP contribution < -0.4 is 4.90 Å². The summed E-state index contributed by atoms with van der Waals surface area (Å²) in [4.78, 5) is 31.1. The van der Waals surface area contributed by atoms with Gasteiger partial charge in [-0.3, -0.25) is 9.59 Å². The van der Waals surface area contributed by atoms with Crippen molar-refractivity contribution in [3.8, 4) is 11.3 Å². The summed E-state index contributed by atoms with van der Waals surface area (Å²) in [6.07, 6.45) is 1.57. The van der Waals surface area contributed by atoms with Gasteiger partial charge in [0.05, 0.1) is 23.5 Å². The highest BCUT2D eigenvalue weighted by Crippen LogP contribution is 2.26. The molecule has 1 aromatic carbocycles. The molecule has 1 aliphatic heterocycles. The minimum Gasteiger partial charge on any atom is -0.467 e. The predicted octanol–water partition coefficient (Wildman–Crippen LogP) is 3.72. The fourth-order valence-electron chi connectivity index (χ4n) is 3.92. The van der Waals surface area contributed by atoms with Gasteiger partial charge in [0, 0.05) is 37.7 Å². The lowest BCUT2D eigenvalue weighted by atomic mass is 10.1. The molecule has 9 heteroatoms. The molecule has 0 atom stereocenters. The number of carbonyl (C=O) groups excluding carboxylic acids is 2. The smallest absolute Gasteiger partial charge is 0.242 e. The summed E-state index contributed by atoms with van der Waals surface area (Å²) in [6.45, 7) is 6.36. The molecule has 1 fully saturated rings. The number of amides is 2. The molecule has 0 aliphatic carbocycles. The van der Waals surface area contributed by atoms with E-state index in [9.17, 15) is 9.59 Å².